The third-order valence-electron chi connectivity index (χ3n) is 4.60. The summed E-state index contributed by atoms with van der Waals surface area (Å²) in [5.41, 5.74) is 1.81. The Balaban J connectivity index is 1.86. The van der Waals surface area contributed by atoms with Crippen LogP contribution in [0.2, 0.25) is 0 Å². The quantitative estimate of drug-likeness (QED) is 0.781. The minimum Gasteiger partial charge on any atom is -0.364 e. The van der Waals surface area contributed by atoms with Crippen LogP contribution in [0, 0.1) is 0 Å². The van der Waals surface area contributed by atoms with E-state index in [1.54, 1.807) is 10.5 Å². The highest BCUT2D eigenvalue weighted by molar-refractivity contribution is 7.88. The lowest BCUT2D eigenvalue weighted by Gasteiger charge is -2.31. The first-order valence-corrected chi connectivity index (χ1v) is 9.55. The Morgan fingerprint density at radius 2 is 2.17 bits per heavy atom. The Morgan fingerprint density at radius 1 is 1.30 bits per heavy atom. The van der Waals surface area contributed by atoms with Crippen molar-refractivity contribution in [2.45, 2.75) is 18.8 Å². The Bertz CT molecular complexity index is 980. The van der Waals surface area contributed by atoms with Gasteiger partial charge in [-0.1, -0.05) is 0 Å². The minimum atomic E-state index is -3.16. The van der Waals surface area contributed by atoms with E-state index in [0.717, 1.165) is 40.3 Å². The van der Waals surface area contributed by atoms with Crippen LogP contribution in [-0.4, -0.2) is 47.0 Å². The van der Waals surface area contributed by atoms with Gasteiger partial charge in [0.2, 0.25) is 10.0 Å². The molecular formula is C16H18N4O2S. The summed E-state index contributed by atoms with van der Waals surface area (Å²) in [6.07, 6.45) is 8.62. The normalized spacial score (nSPS) is 20.3. The van der Waals surface area contributed by atoms with Gasteiger partial charge in [0, 0.05) is 59.5 Å². The van der Waals surface area contributed by atoms with Crippen molar-refractivity contribution in [2.24, 2.45) is 0 Å². The Kier molecular flexibility index (Phi) is 3.35. The molecule has 1 aliphatic rings. The first kappa shape index (κ1) is 14.6. The van der Waals surface area contributed by atoms with Gasteiger partial charge < -0.3 is 4.98 Å². The van der Waals surface area contributed by atoms with E-state index in [1.807, 2.05) is 24.5 Å². The van der Waals surface area contributed by atoms with E-state index >= 15 is 0 Å². The van der Waals surface area contributed by atoms with Crippen molar-refractivity contribution in [3.63, 3.8) is 0 Å². The number of nitrogens with zero attached hydrogens (tertiary/aromatic N) is 3. The number of aromatic nitrogens is 3. The number of hydrogen-bond donors (Lipinski definition) is 1. The molecule has 0 spiro atoms. The molecule has 1 fully saturated rings. The van der Waals surface area contributed by atoms with Crippen molar-refractivity contribution >= 4 is 31.8 Å². The number of nitrogens with one attached hydrogen (secondary N) is 1. The van der Waals surface area contributed by atoms with Gasteiger partial charge in [-0.3, -0.25) is 0 Å². The third-order valence-corrected chi connectivity index (χ3v) is 5.86. The fourth-order valence-electron chi connectivity index (χ4n) is 3.50. The van der Waals surface area contributed by atoms with E-state index in [0.29, 0.717) is 13.1 Å². The Hall–Kier alpha value is -1.99. The van der Waals surface area contributed by atoms with E-state index in [4.69, 9.17) is 0 Å². The number of rotatable bonds is 2. The first-order chi connectivity index (χ1) is 11.0. The van der Waals surface area contributed by atoms with Crippen LogP contribution in [0.1, 0.15) is 24.5 Å². The van der Waals surface area contributed by atoms with Crippen LogP contribution in [0.3, 0.4) is 0 Å². The summed E-state index contributed by atoms with van der Waals surface area (Å²) in [6, 6.07) is 3.97. The zero-order chi connectivity index (χ0) is 16.0. The van der Waals surface area contributed by atoms with E-state index < -0.39 is 10.0 Å². The van der Waals surface area contributed by atoms with Crippen molar-refractivity contribution in [1.29, 1.82) is 0 Å². The maximum Gasteiger partial charge on any atom is 0.211 e. The summed E-state index contributed by atoms with van der Waals surface area (Å²) in [7, 11) is -3.16. The lowest BCUT2D eigenvalue weighted by Crippen LogP contribution is -2.38. The summed E-state index contributed by atoms with van der Waals surface area (Å²) >= 11 is 0. The van der Waals surface area contributed by atoms with E-state index in [-0.39, 0.29) is 5.92 Å². The second-order valence-electron chi connectivity index (χ2n) is 6.12. The predicted molar refractivity (Wildman–Crippen MR) is 89.8 cm³/mol. The molecular weight excluding hydrogens is 312 g/mol. The average molecular weight is 330 g/mol. The third kappa shape index (κ3) is 2.49. The zero-order valence-corrected chi connectivity index (χ0v) is 13.7. The molecule has 23 heavy (non-hydrogen) atoms. The summed E-state index contributed by atoms with van der Waals surface area (Å²) in [4.78, 5) is 12.0. The second kappa shape index (κ2) is 5.28. The molecule has 1 unspecified atom stereocenters. The highest BCUT2D eigenvalue weighted by atomic mass is 32.2. The Morgan fingerprint density at radius 3 is 3.00 bits per heavy atom. The number of pyridine rings is 2. The fourth-order valence-corrected chi connectivity index (χ4v) is 4.41. The molecule has 4 heterocycles. The highest BCUT2D eigenvalue weighted by Crippen LogP contribution is 2.34. The summed E-state index contributed by atoms with van der Waals surface area (Å²) in [6.45, 7) is 1.13. The summed E-state index contributed by atoms with van der Waals surface area (Å²) < 4.78 is 25.4. The zero-order valence-electron chi connectivity index (χ0n) is 12.9. The van der Waals surface area contributed by atoms with Crippen molar-refractivity contribution in [2.75, 3.05) is 19.3 Å². The SMILES string of the molecule is CS(=O)(=O)N1CCCC(c2[nH]ccc3cnc4nccc4c23)C1. The molecule has 1 atom stereocenters. The van der Waals surface area contributed by atoms with Crippen molar-refractivity contribution in [3.8, 4) is 0 Å². The number of sulfonamides is 1. The van der Waals surface area contributed by atoms with Crippen LogP contribution in [-0.2, 0) is 10.0 Å². The lowest BCUT2D eigenvalue weighted by molar-refractivity contribution is 0.315. The molecule has 1 aliphatic heterocycles. The van der Waals surface area contributed by atoms with Gasteiger partial charge in [0.1, 0.15) is 0 Å². The standard InChI is InChI=1S/C16H18N4O2S/c1-23(21,22)20-8-2-3-12(10-20)15-14-11(4-6-17-15)9-19-16-13(14)5-7-18-16/h4-7,9,12,17H,2-3,8,10H2,1H3. The average Bonchev–Trinajstić information content (AvgIpc) is 3.02. The molecule has 3 aromatic rings. The van der Waals surface area contributed by atoms with Gasteiger partial charge in [-0.2, -0.15) is 0 Å². The molecule has 1 saturated heterocycles. The molecule has 0 radical (unpaired) electrons. The van der Waals surface area contributed by atoms with Crippen molar-refractivity contribution < 1.29 is 8.42 Å². The molecule has 1 N–H and O–H groups in total. The minimum absolute atomic E-state index is 0.155. The maximum atomic E-state index is 11.9. The van der Waals surface area contributed by atoms with Gasteiger partial charge in [-0.15, -0.1) is 0 Å². The summed E-state index contributed by atoms with van der Waals surface area (Å²) in [5.74, 6) is 0.155. The van der Waals surface area contributed by atoms with Crippen LogP contribution in [0.4, 0.5) is 0 Å². The van der Waals surface area contributed by atoms with Crippen LogP contribution >= 0.6 is 0 Å². The summed E-state index contributed by atoms with van der Waals surface area (Å²) in [5, 5.41) is 3.18. The molecule has 0 saturated carbocycles. The van der Waals surface area contributed by atoms with E-state index in [9.17, 15) is 8.42 Å². The fraction of sp³-hybridized carbons (Fsp3) is 0.375. The molecule has 0 amide bonds. The molecule has 3 aromatic heterocycles. The Labute approximate surface area is 134 Å². The number of fused-ring (bicyclic) bond motifs is 3. The van der Waals surface area contributed by atoms with Gasteiger partial charge >= 0.3 is 0 Å². The molecule has 120 valence electrons. The molecule has 6 nitrogen and oxygen atoms in total. The van der Waals surface area contributed by atoms with Crippen molar-refractivity contribution in [1.82, 2.24) is 19.3 Å². The number of piperidine rings is 1. The van der Waals surface area contributed by atoms with Crippen LogP contribution in [0.25, 0.3) is 21.8 Å². The van der Waals surface area contributed by atoms with Crippen LogP contribution in [0.15, 0.2) is 30.7 Å². The van der Waals surface area contributed by atoms with Gasteiger partial charge in [-0.05, 0) is 25.0 Å². The maximum absolute atomic E-state index is 11.9. The monoisotopic (exact) mass is 330 g/mol. The number of H-pyrrole nitrogens is 1. The molecule has 0 aromatic carbocycles. The van der Waals surface area contributed by atoms with Crippen LogP contribution < -0.4 is 0 Å². The van der Waals surface area contributed by atoms with Gasteiger partial charge in [0.05, 0.1) is 6.26 Å². The highest BCUT2D eigenvalue weighted by Gasteiger charge is 2.28. The van der Waals surface area contributed by atoms with Gasteiger partial charge in [0.15, 0.2) is 5.65 Å². The molecule has 0 bridgehead atoms. The lowest BCUT2D eigenvalue weighted by atomic mass is 9.92. The molecule has 7 heteroatoms. The second-order valence-corrected chi connectivity index (χ2v) is 8.10. The largest absolute Gasteiger partial charge is 0.364 e. The van der Waals surface area contributed by atoms with E-state index in [1.165, 1.54) is 6.26 Å². The van der Waals surface area contributed by atoms with Crippen molar-refractivity contribution in [3.05, 3.63) is 36.4 Å². The molecule has 0 aliphatic carbocycles. The predicted octanol–water partition coefficient (Wildman–Crippen LogP) is 2.25. The smallest absolute Gasteiger partial charge is 0.211 e. The first-order valence-electron chi connectivity index (χ1n) is 7.70. The van der Waals surface area contributed by atoms with Gasteiger partial charge in [-0.25, -0.2) is 22.7 Å². The topological polar surface area (TPSA) is 79.0 Å². The van der Waals surface area contributed by atoms with Crippen LogP contribution in [0.5, 0.6) is 0 Å². The molecule has 4 rings (SSSR count). The number of hydrogen-bond acceptors (Lipinski definition) is 4. The van der Waals surface area contributed by atoms with Gasteiger partial charge in [0.25, 0.3) is 0 Å². The number of aromatic amines is 1. The van der Waals surface area contributed by atoms with E-state index in [2.05, 4.69) is 15.0 Å².